The van der Waals surface area contributed by atoms with E-state index in [1.54, 1.807) is 7.11 Å². The normalized spacial score (nSPS) is 20.4. The smallest absolute Gasteiger partial charge is 0.237 e. The fraction of sp³-hybridized carbons (Fsp3) is 0.923. The van der Waals surface area contributed by atoms with Crippen molar-refractivity contribution in [3.8, 4) is 0 Å². The molecular weight excluding hydrogens is 248 g/mol. The quantitative estimate of drug-likeness (QED) is 0.550. The third kappa shape index (κ3) is 7.47. The first-order chi connectivity index (χ1) is 9.24. The van der Waals surface area contributed by atoms with Crippen molar-refractivity contribution in [2.45, 2.75) is 37.8 Å². The van der Waals surface area contributed by atoms with E-state index >= 15 is 0 Å². The van der Waals surface area contributed by atoms with Gasteiger partial charge in [-0.25, -0.2) is 0 Å². The molecule has 112 valence electrons. The van der Waals surface area contributed by atoms with E-state index in [4.69, 9.17) is 19.9 Å². The van der Waals surface area contributed by atoms with E-state index in [-0.39, 0.29) is 12.0 Å². The minimum atomic E-state index is -0.493. The van der Waals surface area contributed by atoms with Crippen molar-refractivity contribution in [3.05, 3.63) is 0 Å². The number of rotatable bonds is 10. The van der Waals surface area contributed by atoms with E-state index in [0.29, 0.717) is 32.8 Å². The molecule has 1 aliphatic heterocycles. The van der Waals surface area contributed by atoms with Crippen LogP contribution in [0.15, 0.2) is 0 Å². The fourth-order valence-electron chi connectivity index (χ4n) is 1.88. The number of amides is 1. The Balaban J connectivity index is 1.90. The first-order valence-electron chi connectivity index (χ1n) is 6.95. The third-order valence-electron chi connectivity index (χ3n) is 3.06. The van der Waals surface area contributed by atoms with Crippen LogP contribution >= 0.6 is 0 Å². The van der Waals surface area contributed by atoms with Gasteiger partial charge in [0.05, 0.1) is 18.8 Å². The highest BCUT2D eigenvalue weighted by molar-refractivity contribution is 5.81. The topological polar surface area (TPSA) is 82.8 Å². The van der Waals surface area contributed by atoms with Crippen LogP contribution in [0.4, 0.5) is 0 Å². The van der Waals surface area contributed by atoms with E-state index in [9.17, 15) is 4.79 Å². The molecule has 6 heteroatoms. The molecule has 1 fully saturated rings. The first-order valence-corrected chi connectivity index (χ1v) is 6.95. The highest BCUT2D eigenvalue weighted by Crippen LogP contribution is 2.11. The number of carbonyl (C=O) groups is 1. The Kier molecular flexibility index (Phi) is 8.73. The second kappa shape index (κ2) is 10.1. The largest absolute Gasteiger partial charge is 0.385 e. The van der Waals surface area contributed by atoms with Crippen molar-refractivity contribution in [2.75, 3.05) is 40.1 Å². The summed E-state index contributed by atoms with van der Waals surface area (Å²) in [7, 11) is 1.59. The van der Waals surface area contributed by atoms with Gasteiger partial charge in [0.15, 0.2) is 0 Å². The molecule has 2 unspecified atom stereocenters. The van der Waals surface area contributed by atoms with Crippen LogP contribution in [0.3, 0.4) is 0 Å². The summed E-state index contributed by atoms with van der Waals surface area (Å²) in [6.07, 6.45) is 3.80. The van der Waals surface area contributed by atoms with E-state index in [0.717, 1.165) is 25.9 Å². The van der Waals surface area contributed by atoms with Gasteiger partial charge < -0.3 is 25.3 Å². The minimum absolute atomic E-state index is 0.129. The van der Waals surface area contributed by atoms with E-state index < -0.39 is 6.04 Å². The lowest BCUT2D eigenvalue weighted by atomic mass is 10.2. The van der Waals surface area contributed by atoms with Crippen molar-refractivity contribution < 1.29 is 19.0 Å². The second-order valence-electron chi connectivity index (χ2n) is 4.74. The summed E-state index contributed by atoms with van der Waals surface area (Å²) >= 11 is 0. The van der Waals surface area contributed by atoms with Crippen molar-refractivity contribution in [2.24, 2.45) is 5.73 Å². The summed E-state index contributed by atoms with van der Waals surface area (Å²) in [6, 6.07) is -0.493. The van der Waals surface area contributed by atoms with Crippen LogP contribution in [0.5, 0.6) is 0 Å². The molecule has 19 heavy (non-hydrogen) atoms. The molecule has 6 nitrogen and oxygen atoms in total. The number of nitrogens with one attached hydrogen (secondary N) is 1. The van der Waals surface area contributed by atoms with E-state index in [1.165, 1.54) is 0 Å². The number of hydrogen-bond acceptors (Lipinski definition) is 5. The van der Waals surface area contributed by atoms with Gasteiger partial charge in [-0.05, 0) is 25.7 Å². The van der Waals surface area contributed by atoms with Crippen molar-refractivity contribution in [3.63, 3.8) is 0 Å². The molecule has 1 saturated heterocycles. The number of hydrogen-bond donors (Lipinski definition) is 2. The standard InChI is InChI=1S/C13H26N2O4/c1-17-9-5-12(14)13(16)15-6-3-7-18-10-11-4-2-8-19-11/h11-12H,2-10,14H2,1H3,(H,15,16). The minimum Gasteiger partial charge on any atom is -0.385 e. The Labute approximate surface area is 115 Å². The van der Waals surface area contributed by atoms with E-state index in [2.05, 4.69) is 5.32 Å². The lowest BCUT2D eigenvalue weighted by molar-refractivity contribution is -0.122. The molecule has 1 heterocycles. The van der Waals surface area contributed by atoms with Gasteiger partial charge in [-0.15, -0.1) is 0 Å². The molecule has 0 bridgehead atoms. The van der Waals surface area contributed by atoms with Gasteiger partial charge in [-0.3, -0.25) is 4.79 Å². The lowest BCUT2D eigenvalue weighted by Gasteiger charge is -2.12. The molecule has 0 aliphatic carbocycles. The molecule has 1 aliphatic rings. The summed E-state index contributed by atoms with van der Waals surface area (Å²) in [5.74, 6) is -0.129. The highest BCUT2D eigenvalue weighted by atomic mass is 16.5. The average Bonchev–Trinajstić information content (AvgIpc) is 2.92. The molecule has 3 N–H and O–H groups in total. The molecule has 0 radical (unpaired) electrons. The fourth-order valence-corrected chi connectivity index (χ4v) is 1.88. The van der Waals surface area contributed by atoms with Gasteiger partial charge in [0, 0.05) is 33.5 Å². The highest BCUT2D eigenvalue weighted by Gasteiger charge is 2.15. The zero-order chi connectivity index (χ0) is 13.9. The first kappa shape index (κ1) is 16.4. The van der Waals surface area contributed by atoms with Gasteiger partial charge >= 0.3 is 0 Å². The summed E-state index contributed by atoms with van der Waals surface area (Å²) in [4.78, 5) is 11.5. The number of methoxy groups -OCH3 is 1. The zero-order valence-corrected chi connectivity index (χ0v) is 11.7. The van der Waals surface area contributed by atoms with Crippen molar-refractivity contribution in [1.29, 1.82) is 0 Å². The average molecular weight is 274 g/mol. The van der Waals surface area contributed by atoms with E-state index in [1.807, 2.05) is 0 Å². The Morgan fingerprint density at radius 1 is 1.53 bits per heavy atom. The van der Waals surface area contributed by atoms with Crippen LogP contribution < -0.4 is 11.1 Å². The van der Waals surface area contributed by atoms with Crippen LogP contribution in [0, 0.1) is 0 Å². The summed E-state index contributed by atoms with van der Waals surface area (Å²) in [5.41, 5.74) is 5.69. The molecule has 0 aromatic heterocycles. The van der Waals surface area contributed by atoms with Crippen molar-refractivity contribution >= 4 is 5.91 Å². The SMILES string of the molecule is COCCC(N)C(=O)NCCCOCC1CCCO1. The Hall–Kier alpha value is -0.690. The predicted octanol–water partition coefficient (Wildman–Crippen LogP) is 0.0521. The van der Waals surface area contributed by atoms with Gasteiger partial charge in [0.25, 0.3) is 0 Å². The van der Waals surface area contributed by atoms with Gasteiger partial charge in [0.1, 0.15) is 0 Å². The monoisotopic (exact) mass is 274 g/mol. The molecule has 1 amide bonds. The number of carbonyl (C=O) groups excluding carboxylic acids is 1. The van der Waals surface area contributed by atoms with Crippen LogP contribution in [0.25, 0.3) is 0 Å². The van der Waals surface area contributed by atoms with Gasteiger partial charge in [0.2, 0.25) is 5.91 Å². The van der Waals surface area contributed by atoms with Crippen LogP contribution in [0.1, 0.15) is 25.7 Å². The Bertz CT molecular complexity index is 245. The molecule has 0 aromatic rings. The van der Waals surface area contributed by atoms with Crippen LogP contribution in [-0.2, 0) is 19.0 Å². The molecule has 1 rings (SSSR count). The number of ether oxygens (including phenoxy) is 3. The predicted molar refractivity (Wildman–Crippen MR) is 71.9 cm³/mol. The van der Waals surface area contributed by atoms with Crippen LogP contribution in [0.2, 0.25) is 0 Å². The van der Waals surface area contributed by atoms with Gasteiger partial charge in [-0.1, -0.05) is 0 Å². The van der Waals surface area contributed by atoms with Crippen LogP contribution in [-0.4, -0.2) is 58.1 Å². The third-order valence-corrected chi connectivity index (χ3v) is 3.06. The second-order valence-corrected chi connectivity index (χ2v) is 4.74. The maximum Gasteiger partial charge on any atom is 0.237 e. The molecule has 0 spiro atoms. The Morgan fingerprint density at radius 2 is 2.37 bits per heavy atom. The Morgan fingerprint density at radius 3 is 3.05 bits per heavy atom. The zero-order valence-electron chi connectivity index (χ0n) is 11.7. The summed E-state index contributed by atoms with van der Waals surface area (Å²) in [6.45, 7) is 3.22. The van der Waals surface area contributed by atoms with Gasteiger partial charge in [-0.2, -0.15) is 0 Å². The molecular formula is C13H26N2O4. The maximum atomic E-state index is 11.5. The van der Waals surface area contributed by atoms with Crippen molar-refractivity contribution in [1.82, 2.24) is 5.32 Å². The molecule has 0 aromatic carbocycles. The molecule has 2 atom stereocenters. The summed E-state index contributed by atoms with van der Waals surface area (Å²) < 4.78 is 15.8. The maximum absolute atomic E-state index is 11.5. The summed E-state index contributed by atoms with van der Waals surface area (Å²) in [5, 5.41) is 2.79. The number of nitrogens with two attached hydrogens (primary N) is 1. The molecule has 0 saturated carbocycles. The lowest BCUT2D eigenvalue weighted by Crippen LogP contribution is -2.41.